The van der Waals surface area contributed by atoms with Crippen molar-refractivity contribution >= 4 is 0 Å². The van der Waals surface area contributed by atoms with Crippen molar-refractivity contribution in [2.45, 2.75) is 29.6 Å². The van der Waals surface area contributed by atoms with E-state index in [1.165, 1.54) is 0 Å². The smallest absolute Gasteiger partial charge is 0.176 e. The third-order valence-electron chi connectivity index (χ3n) is 6.29. The van der Waals surface area contributed by atoms with Crippen molar-refractivity contribution in [3.8, 4) is 11.5 Å². The van der Waals surface area contributed by atoms with Gasteiger partial charge in [0, 0.05) is 11.5 Å². The molecule has 142 valence electrons. The molecule has 1 aliphatic heterocycles. The molecule has 2 N–H and O–H groups in total. The van der Waals surface area contributed by atoms with Crippen LogP contribution in [0.2, 0.25) is 0 Å². The summed E-state index contributed by atoms with van der Waals surface area (Å²) in [6.07, 6.45) is -0.551. The quantitative estimate of drug-likeness (QED) is 0.734. The third-order valence-corrected chi connectivity index (χ3v) is 6.29. The summed E-state index contributed by atoms with van der Waals surface area (Å²) >= 11 is 0. The van der Waals surface area contributed by atoms with Gasteiger partial charge in [-0.05, 0) is 35.7 Å². The summed E-state index contributed by atoms with van der Waals surface area (Å²) in [5.41, 5.74) is -0.183. The molecular weight excluding hydrogens is 352 g/mol. The van der Waals surface area contributed by atoms with Crippen LogP contribution in [0.25, 0.3) is 0 Å². The second-order valence-corrected chi connectivity index (χ2v) is 7.54. The second kappa shape index (κ2) is 6.09. The van der Waals surface area contributed by atoms with Gasteiger partial charge in [0.25, 0.3) is 0 Å². The van der Waals surface area contributed by atoms with E-state index in [4.69, 9.17) is 9.47 Å². The highest BCUT2D eigenvalue weighted by Gasteiger charge is 2.72. The molecule has 3 aromatic rings. The molecule has 0 aromatic heterocycles. The van der Waals surface area contributed by atoms with Crippen LogP contribution in [-0.2, 0) is 11.2 Å². The van der Waals surface area contributed by atoms with E-state index in [9.17, 15) is 10.2 Å². The molecular formula is C24H22O4. The highest BCUT2D eigenvalue weighted by atomic mass is 16.5. The first-order valence-electron chi connectivity index (χ1n) is 9.49. The van der Waals surface area contributed by atoms with Gasteiger partial charge in [0.05, 0.1) is 13.2 Å². The maximum Gasteiger partial charge on any atom is 0.176 e. The average molecular weight is 374 g/mol. The molecule has 4 atom stereocenters. The molecule has 4 heteroatoms. The Bertz CT molecular complexity index is 1000. The molecule has 5 rings (SSSR count). The van der Waals surface area contributed by atoms with Crippen LogP contribution < -0.4 is 9.47 Å². The minimum atomic E-state index is -1.54. The first-order chi connectivity index (χ1) is 13.6. The van der Waals surface area contributed by atoms with Crippen molar-refractivity contribution in [1.82, 2.24) is 0 Å². The van der Waals surface area contributed by atoms with Gasteiger partial charge in [0.15, 0.2) is 11.2 Å². The van der Waals surface area contributed by atoms with Gasteiger partial charge < -0.3 is 19.7 Å². The lowest BCUT2D eigenvalue weighted by molar-refractivity contribution is -0.149. The van der Waals surface area contributed by atoms with Crippen LogP contribution in [0.4, 0.5) is 0 Å². The topological polar surface area (TPSA) is 58.9 Å². The Balaban J connectivity index is 1.78. The molecule has 0 amide bonds. The standard InChI is InChI=1S/C24H22O4/c1-27-18-13-11-17(12-14-18)24-20(16-7-3-2-4-8-16)15-22(25)23(24,26)19-9-5-6-10-21(19)28-24/h2-14,20,22,25-26H,15H2,1H3/t20-,22+,23+,24+/m1/s1. The van der Waals surface area contributed by atoms with Crippen LogP contribution >= 0.6 is 0 Å². The minimum Gasteiger partial charge on any atom is -0.497 e. The summed E-state index contributed by atoms with van der Waals surface area (Å²) in [7, 11) is 1.62. The largest absolute Gasteiger partial charge is 0.497 e. The average Bonchev–Trinajstić information content (AvgIpc) is 3.15. The molecule has 0 saturated heterocycles. The lowest BCUT2D eigenvalue weighted by Gasteiger charge is -2.40. The molecule has 0 radical (unpaired) electrons. The molecule has 2 aliphatic rings. The van der Waals surface area contributed by atoms with Crippen LogP contribution in [0.15, 0.2) is 78.9 Å². The fraction of sp³-hybridized carbons (Fsp3) is 0.250. The number of aliphatic hydroxyl groups is 2. The monoisotopic (exact) mass is 374 g/mol. The first kappa shape index (κ1) is 17.3. The zero-order valence-electron chi connectivity index (χ0n) is 15.6. The minimum absolute atomic E-state index is 0.213. The van der Waals surface area contributed by atoms with Gasteiger partial charge in [-0.15, -0.1) is 0 Å². The van der Waals surface area contributed by atoms with E-state index in [0.717, 1.165) is 16.9 Å². The van der Waals surface area contributed by atoms with E-state index >= 15 is 0 Å². The van der Waals surface area contributed by atoms with Gasteiger partial charge in [-0.25, -0.2) is 0 Å². The molecule has 0 spiro atoms. The highest BCUT2D eigenvalue weighted by Crippen LogP contribution is 2.66. The molecule has 0 unspecified atom stereocenters. The van der Waals surface area contributed by atoms with E-state index in [1.807, 2.05) is 78.9 Å². The Hall–Kier alpha value is -2.82. The van der Waals surface area contributed by atoms with E-state index in [-0.39, 0.29) is 5.92 Å². The zero-order valence-corrected chi connectivity index (χ0v) is 15.6. The van der Waals surface area contributed by atoms with Gasteiger partial charge in [-0.3, -0.25) is 0 Å². The normalized spacial score (nSPS) is 30.4. The van der Waals surface area contributed by atoms with Crippen molar-refractivity contribution in [1.29, 1.82) is 0 Å². The molecule has 3 aromatic carbocycles. The Kier molecular flexibility index (Phi) is 3.76. The lowest BCUT2D eigenvalue weighted by atomic mass is 9.71. The number of benzene rings is 3. The van der Waals surface area contributed by atoms with Gasteiger partial charge in [0.1, 0.15) is 11.5 Å². The number of hydrogen-bond acceptors (Lipinski definition) is 4. The van der Waals surface area contributed by atoms with E-state index < -0.39 is 17.3 Å². The summed E-state index contributed by atoms with van der Waals surface area (Å²) in [5, 5.41) is 23.1. The van der Waals surface area contributed by atoms with E-state index in [2.05, 4.69) is 0 Å². The van der Waals surface area contributed by atoms with E-state index in [1.54, 1.807) is 7.11 Å². The van der Waals surface area contributed by atoms with Crippen molar-refractivity contribution in [3.05, 3.63) is 95.6 Å². The maximum absolute atomic E-state index is 12.0. The van der Waals surface area contributed by atoms with Crippen LogP contribution in [0.1, 0.15) is 29.0 Å². The molecule has 0 bridgehead atoms. The number of hydrogen-bond donors (Lipinski definition) is 2. The number of methoxy groups -OCH3 is 1. The number of aliphatic hydroxyl groups excluding tert-OH is 1. The number of fused-ring (bicyclic) bond motifs is 3. The summed E-state index contributed by atoms with van der Waals surface area (Å²) in [6, 6.07) is 25.0. The predicted octanol–water partition coefficient (Wildman–Crippen LogP) is 3.72. The first-order valence-corrected chi connectivity index (χ1v) is 9.49. The Morgan fingerprint density at radius 2 is 1.61 bits per heavy atom. The molecule has 1 saturated carbocycles. The molecule has 1 fully saturated rings. The fourth-order valence-electron chi connectivity index (χ4n) is 5.02. The van der Waals surface area contributed by atoms with Crippen molar-refractivity contribution in [3.63, 3.8) is 0 Å². The summed E-state index contributed by atoms with van der Waals surface area (Å²) in [5.74, 6) is 1.13. The van der Waals surface area contributed by atoms with Crippen LogP contribution in [0.3, 0.4) is 0 Å². The number of ether oxygens (including phenoxy) is 2. The fourth-order valence-corrected chi connectivity index (χ4v) is 5.02. The van der Waals surface area contributed by atoms with Crippen molar-refractivity contribution < 1.29 is 19.7 Å². The molecule has 1 aliphatic carbocycles. The summed E-state index contributed by atoms with van der Waals surface area (Å²) in [6.45, 7) is 0. The number of para-hydroxylation sites is 1. The van der Waals surface area contributed by atoms with Gasteiger partial charge in [-0.2, -0.15) is 0 Å². The van der Waals surface area contributed by atoms with Gasteiger partial charge in [-0.1, -0.05) is 60.7 Å². The Labute approximate surface area is 164 Å². The van der Waals surface area contributed by atoms with Crippen LogP contribution in [0, 0.1) is 0 Å². The molecule has 1 heterocycles. The highest BCUT2D eigenvalue weighted by molar-refractivity contribution is 5.54. The van der Waals surface area contributed by atoms with E-state index in [0.29, 0.717) is 17.7 Å². The van der Waals surface area contributed by atoms with Crippen LogP contribution in [-0.4, -0.2) is 23.4 Å². The predicted molar refractivity (Wildman–Crippen MR) is 105 cm³/mol. The van der Waals surface area contributed by atoms with Gasteiger partial charge >= 0.3 is 0 Å². The SMILES string of the molecule is COc1ccc([C@@]23Oc4ccccc4[C@]2(O)[C@@H](O)C[C@@H]3c2ccccc2)cc1. The maximum atomic E-state index is 12.0. The van der Waals surface area contributed by atoms with Gasteiger partial charge in [0.2, 0.25) is 0 Å². The Morgan fingerprint density at radius 1 is 0.929 bits per heavy atom. The lowest BCUT2D eigenvalue weighted by Crippen LogP contribution is -2.51. The summed E-state index contributed by atoms with van der Waals surface area (Å²) in [4.78, 5) is 0. The third kappa shape index (κ3) is 2.07. The van der Waals surface area contributed by atoms with Crippen molar-refractivity contribution in [2.75, 3.05) is 7.11 Å². The zero-order chi connectivity index (χ0) is 19.4. The Morgan fingerprint density at radius 3 is 2.32 bits per heavy atom. The van der Waals surface area contributed by atoms with Crippen molar-refractivity contribution in [2.24, 2.45) is 0 Å². The molecule has 28 heavy (non-hydrogen) atoms. The summed E-state index contributed by atoms with van der Waals surface area (Å²) < 4.78 is 11.9. The van der Waals surface area contributed by atoms with Crippen LogP contribution in [0.5, 0.6) is 11.5 Å². The molecule has 4 nitrogen and oxygen atoms in total. The number of rotatable bonds is 3. The second-order valence-electron chi connectivity index (χ2n) is 7.54.